The van der Waals surface area contributed by atoms with E-state index in [4.69, 9.17) is 15.3 Å². The number of aromatic carboxylic acids is 1. The summed E-state index contributed by atoms with van der Waals surface area (Å²) in [5.41, 5.74) is 1.53. The predicted molar refractivity (Wildman–Crippen MR) is 111 cm³/mol. The molecule has 1 atom stereocenters. The normalized spacial score (nSPS) is 10.7. The number of carbonyl (C=O) groups is 1. The summed E-state index contributed by atoms with van der Waals surface area (Å²) in [7, 11) is 0. The van der Waals surface area contributed by atoms with Gasteiger partial charge in [-0.1, -0.05) is 81.6 Å². The Morgan fingerprint density at radius 3 is 1.85 bits per heavy atom. The molecule has 0 aliphatic carbocycles. The average Bonchev–Trinajstić information content (AvgIpc) is 2.71. The van der Waals surface area contributed by atoms with Crippen molar-refractivity contribution in [2.45, 2.75) is 46.0 Å². The van der Waals surface area contributed by atoms with Gasteiger partial charge in [-0.15, -0.1) is 0 Å². The largest absolute Gasteiger partial charge is 0.478 e. The Labute approximate surface area is 163 Å². The standard InChI is InChI=1S/C8H10O.C8H18O.C7H6O2/c9-7-6-8-4-2-1-3-5-8;1-3-5-6-8(4-2)7-9;8-7(9)6-4-2-1-3-5-6/h1-5,9H,6-7H2;8-9H,3-7H2,1-2H3;1-5H,(H,8,9). The fourth-order valence-corrected chi connectivity index (χ4v) is 2.27. The molecule has 0 heterocycles. The topological polar surface area (TPSA) is 77.8 Å². The van der Waals surface area contributed by atoms with Crippen molar-refractivity contribution in [1.82, 2.24) is 0 Å². The van der Waals surface area contributed by atoms with Gasteiger partial charge in [0, 0.05) is 13.2 Å². The predicted octanol–water partition coefficient (Wildman–Crippen LogP) is 4.80. The number of carboxylic acids is 1. The molecule has 2 aromatic carbocycles. The van der Waals surface area contributed by atoms with Gasteiger partial charge in [0.05, 0.1) is 5.56 Å². The van der Waals surface area contributed by atoms with Crippen LogP contribution in [0.25, 0.3) is 0 Å². The van der Waals surface area contributed by atoms with Gasteiger partial charge in [-0.05, 0) is 36.5 Å². The highest BCUT2D eigenvalue weighted by molar-refractivity contribution is 5.87. The summed E-state index contributed by atoms with van der Waals surface area (Å²) in [5.74, 6) is -0.319. The van der Waals surface area contributed by atoms with Gasteiger partial charge in [0.1, 0.15) is 0 Å². The quantitative estimate of drug-likeness (QED) is 0.620. The lowest BCUT2D eigenvalue weighted by Crippen LogP contribution is -2.03. The van der Waals surface area contributed by atoms with Crippen LogP contribution in [0.1, 0.15) is 55.5 Å². The minimum Gasteiger partial charge on any atom is -0.478 e. The highest BCUT2D eigenvalue weighted by Gasteiger charge is 2.01. The summed E-state index contributed by atoms with van der Waals surface area (Å²) in [6.07, 6.45) is 5.59. The van der Waals surface area contributed by atoms with Gasteiger partial charge in [-0.3, -0.25) is 0 Å². The molecule has 0 aliphatic rings. The summed E-state index contributed by atoms with van der Waals surface area (Å²) in [6.45, 7) is 4.93. The lowest BCUT2D eigenvalue weighted by atomic mass is 10.0. The highest BCUT2D eigenvalue weighted by atomic mass is 16.4. The van der Waals surface area contributed by atoms with Crippen molar-refractivity contribution in [3.63, 3.8) is 0 Å². The van der Waals surface area contributed by atoms with Gasteiger partial charge in [0.2, 0.25) is 0 Å². The Balaban J connectivity index is 0.000000376. The molecule has 0 aliphatic heterocycles. The minimum atomic E-state index is -0.879. The molecule has 2 aromatic rings. The van der Waals surface area contributed by atoms with E-state index in [0.29, 0.717) is 18.1 Å². The van der Waals surface area contributed by atoms with Crippen LogP contribution in [0.5, 0.6) is 0 Å². The number of carboxylic acid groups (broad SMARTS) is 1. The molecule has 0 amide bonds. The van der Waals surface area contributed by atoms with Crippen LogP contribution in [0.2, 0.25) is 0 Å². The molecule has 1 unspecified atom stereocenters. The molecule has 4 heteroatoms. The molecule has 3 N–H and O–H groups in total. The highest BCUT2D eigenvalue weighted by Crippen LogP contribution is 2.10. The van der Waals surface area contributed by atoms with Crippen LogP contribution < -0.4 is 0 Å². The van der Waals surface area contributed by atoms with Crippen LogP contribution >= 0.6 is 0 Å². The fourth-order valence-electron chi connectivity index (χ4n) is 2.27. The molecule has 150 valence electrons. The van der Waals surface area contributed by atoms with Gasteiger partial charge in [-0.25, -0.2) is 4.79 Å². The van der Waals surface area contributed by atoms with E-state index < -0.39 is 5.97 Å². The van der Waals surface area contributed by atoms with Gasteiger partial charge >= 0.3 is 5.97 Å². The Kier molecular flexibility index (Phi) is 15.9. The van der Waals surface area contributed by atoms with Crippen LogP contribution in [0.15, 0.2) is 60.7 Å². The summed E-state index contributed by atoms with van der Waals surface area (Å²) in [6, 6.07) is 18.2. The zero-order valence-corrected chi connectivity index (χ0v) is 16.6. The van der Waals surface area contributed by atoms with Crippen molar-refractivity contribution >= 4 is 5.97 Å². The van der Waals surface area contributed by atoms with E-state index in [1.54, 1.807) is 30.3 Å². The molecule has 0 saturated heterocycles. The number of rotatable bonds is 8. The molecule has 0 aromatic heterocycles. The lowest BCUT2D eigenvalue weighted by Gasteiger charge is -2.08. The first-order valence-corrected chi connectivity index (χ1v) is 9.62. The van der Waals surface area contributed by atoms with Gasteiger partial charge in [0.25, 0.3) is 0 Å². The van der Waals surface area contributed by atoms with Crippen molar-refractivity contribution in [2.75, 3.05) is 13.2 Å². The van der Waals surface area contributed by atoms with Gasteiger partial charge in [0.15, 0.2) is 0 Å². The number of hydrogen-bond acceptors (Lipinski definition) is 3. The third-order valence-electron chi connectivity index (χ3n) is 4.07. The maximum absolute atomic E-state index is 10.2. The zero-order valence-electron chi connectivity index (χ0n) is 16.6. The number of aliphatic hydroxyl groups excluding tert-OH is 2. The Bertz CT molecular complexity index is 565. The third kappa shape index (κ3) is 13.7. The number of benzene rings is 2. The minimum absolute atomic E-state index is 0.240. The van der Waals surface area contributed by atoms with Crippen LogP contribution in [0.4, 0.5) is 0 Å². The first kappa shape index (κ1) is 24.8. The summed E-state index contributed by atoms with van der Waals surface area (Å²) in [5, 5.41) is 25.7. The van der Waals surface area contributed by atoms with Crippen molar-refractivity contribution in [3.8, 4) is 0 Å². The van der Waals surface area contributed by atoms with E-state index in [9.17, 15) is 4.79 Å². The maximum atomic E-state index is 10.2. The van der Waals surface area contributed by atoms with E-state index in [-0.39, 0.29) is 6.61 Å². The first-order valence-electron chi connectivity index (χ1n) is 9.62. The van der Waals surface area contributed by atoms with Crippen molar-refractivity contribution in [2.24, 2.45) is 5.92 Å². The Hall–Kier alpha value is -2.17. The second kappa shape index (κ2) is 17.3. The Morgan fingerprint density at radius 2 is 1.48 bits per heavy atom. The maximum Gasteiger partial charge on any atom is 0.335 e. The molecule has 2 rings (SSSR count). The molecule has 0 bridgehead atoms. The SMILES string of the molecule is CCCCC(CC)CO.O=C(O)c1ccccc1.OCCc1ccccc1. The van der Waals surface area contributed by atoms with Gasteiger partial charge < -0.3 is 15.3 Å². The van der Waals surface area contributed by atoms with Crippen molar-refractivity contribution < 1.29 is 20.1 Å². The van der Waals surface area contributed by atoms with E-state index >= 15 is 0 Å². The van der Waals surface area contributed by atoms with Gasteiger partial charge in [-0.2, -0.15) is 0 Å². The van der Waals surface area contributed by atoms with Crippen molar-refractivity contribution in [3.05, 3.63) is 71.8 Å². The second-order valence-electron chi connectivity index (χ2n) is 6.23. The molecular weight excluding hydrogens is 340 g/mol. The van der Waals surface area contributed by atoms with E-state index in [0.717, 1.165) is 12.8 Å². The Morgan fingerprint density at radius 1 is 0.926 bits per heavy atom. The van der Waals surface area contributed by atoms with Crippen molar-refractivity contribution in [1.29, 1.82) is 0 Å². The summed E-state index contributed by atoms with van der Waals surface area (Å²) < 4.78 is 0. The molecule has 27 heavy (non-hydrogen) atoms. The second-order valence-corrected chi connectivity index (χ2v) is 6.23. The number of unbranched alkanes of at least 4 members (excludes halogenated alkanes) is 1. The van der Waals surface area contributed by atoms with Crippen LogP contribution in [0, 0.1) is 5.92 Å². The van der Waals surface area contributed by atoms with E-state index in [1.165, 1.54) is 24.8 Å². The lowest BCUT2D eigenvalue weighted by molar-refractivity contribution is 0.0697. The molecule has 0 fully saturated rings. The smallest absolute Gasteiger partial charge is 0.335 e. The number of aliphatic hydroxyl groups is 2. The number of hydrogen-bond donors (Lipinski definition) is 3. The molecule has 0 spiro atoms. The van der Waals surface area contributed by atoms with Crippen LogP contribution in [0.3, 0.4) is 0 Å². The summed E-state index contributed by atoms with van der Waals surface area (Å²) in [4.78, 5) is 10.2. The van der Waals surface area contributed by atoms with E-state index in [2.05, 4.69) is 13.8 Å². The first-order chi connectivity index (χ1) is 13.1. The molecule has 0 saturated carbocycles. The monoisotopic (exact) mass is 374 g/mol. The van der Waals surface area contributed by atoms with Crippen LogP contribution in [-0.2, 0) is 6.42 Å². The fraction of sp³-hybridized carbons (Fsp3) is 0.435. The summed E-state index contributed by atoms with van der Waals surface area (Å²) >= 11 is 0. The molecular formula is C23H34O4. The molecule has 4 nitrogen and oxygen atoms in total. The molecule has 0 radical (unpaired) electrons. The van der Waals surface area contributed by atoms with E-state index in [1.807, 2.05) is 30.3 Å². The van der Waals surface area contributed by atoms with Crippen LogP contribution in [-0.4, -0.2) is 34.5 Å². The third-order valence-corrected chi connectivity index (χ3v) is 4.07. The zero-order chi connectivity index (χ0) is 20.3. The average molecular weight is 375 g/mol.